The molecule has 0 spiro atoms. The highest BCUT2D eigenvalue weighted by Crippen LogP contribution is 2.41. The molecule has 1 unspecified atom stereocenters. The van der Waals surface area contributed by atoms with Crippen LogP contribution in [0.4, 0.5) is 0 Å². The summed E-state index contributed by atoms with van der Waals surface area (Å²) in [5, 5.41) is 2.79. The van der Waals surface area contributed by atoms with Crippen LogP contribution < -0.4 is 0 Å². The summed E-state index contributed by atoms with van der Waals surface area (Å²) in [5.41, 5.74) is 0.916. The Bertz CT molecular complexity index is 214. The van der Waals surface area contributed by atoms with Crippen molar-refractivity contribution in [2.24, 2.45) is 11.1 Å². The van der Waals surface area contributed by atoms with Crippen LogP contribution in [0.5, 0.6) is 0 Å². The van der Waals surface area contributed by atoms with Gasteiger partial charge in [0, 0.05) is 16.5 Å². The second kappa shape index (κ2) is 3.09. The molecule has 1 rings (SSSR count). The predicted molar refractivity (Wildman–Crippen MR) is 47.5 cm³/mol. The zero-order chi connectivity index (χ0) is 8.43. The molecule has 0 aliphatic carbocycles. The maximum atomic E-state index is 9.94. The minimum atomic E-state index is 0.160. The molecular formula is C7H10N2OS. The summed E-state index contributed by atoms with van der Waals surface area (Å²) in [6, 6.07) is 0. The molecule has 0 radical (unpaired) electrons. The fourth-order valence-electron chi connectivity index (χ4n) is 0.853. The number of nitroso groups, excluding NO2 is 1. The van der Waals surface area contributed by atoms with E-state index in [2.05, 4.69) is 18.3 Å². The van der Waals surface area contributed by atoms with Gasteiger partial charge in [0.1, 0.15) is 0 Å². The van der Waals surface area contributed by atoms with E-state index in [4.69, 9.17) is 0 Å². The molecule has 4 heteroatoms. The summed E-state index contributed by atoms with van der Waals surface area (Å²) in [4.78, 5) is 11.0. The van der Waals surface area contributed by atoms with Crippen LogP contribution >= 0.6 is 11.9 Å². The highest BCUT2D eigenvalue weighted by molar-refractivity contribution is 8.01. The van der Waals surface area contributed by atoms with Crippen molar-refractivity contribution >= 4 is 11.9 Å². The summed E-state index contributed by atoms with van der Waals surface area (Å²) in [6.45, 7) is 9.84. The standard InChI is InChI=1S/C7H10N2OS/c1-5-6(2)9(4-8-10)11-7(5)3/h5H,2-4H2,1H3. The topological polar surface area (TPSA) is 32.7 Å². The Kier molecular flexibility index (Phi) is 2.34. The first-order valence-electron chi connectivity index (χ1n) is 3.29. The lowest BCUT2D eigenvalue weighted by Crippen LogP contribution is -2.10. The second-order valence-corrected chi connectivity index (χ2v) is 3.57. The number of hydrogen-bond donors (Lipinski definition) is 0. The van der Waals surface area contributed by atoms with Crippen molar-refractivity contribution in [1.29, 1.82) is 0 Å². The van der Waals surface area contributed by atoms with Gasteiger partial charge in [-0.25, -0.2) is 0 Å². The lowest BCUT2D eigenvalue weighted by molar-refractivity contribution is 0.559. The van der Waals surface area contributed by atoms with Gasteiger partial charge in [-0.2, -0.15) is 0 Å². The highest BCUT2D eigenvalue weighted by atomic mass is 32.2. The summed E-state index contributed by atoms with van der Waals surface area (Å²) < 4.78 is 1.76. The Balaban J connectivity index is 2.66. The molecule has 1 saturated heterocycles. The lowest BCUT2D eigenvalue weighted by atomic mass is 10.1. The average Bonchev–Trinajstić information content (AvgIpc) is 2.19. The maximum absolute atomic E-state index is 9.94. The summed E-state index contributed by atoms with van der Waals surface area (Å²) in [7, 11) is 0. The van der Waals surface area contributed by atoms with E-state index >= 15 is 0 Å². The maximum Gasteiger partial charge on any atom is 0.162 e. The SMILES string of the molecule is C=C1SN(CN=O)C(=C)C1C. The first-order valence-corrected chi connectivity index (χ1v) is 4.06. The molecule has 0 aromatic rings. The Labute approximate surface area is 70.3 Å². The van der Waals surface area contributed by atoms with Crippen LogP contribution in [0.3, 0.4) is 0 Å². The Hall–Kier alpha value is -0.770. The van der Waals surface area contributed by atoms with Gasteiger partial charge in [-0.15, -0.1) is 4.91 Å². The largest absolute Gasteiger partial charge is 0.292 e. The molecule has 1 atom stereocenters. The third-order valence-corrected chi connectivity index (χ3v) is 2.88. The van der Waals surface area contributed by atoms with Crippen LogP contribution in [0.15, 0.2) is 28.9 Å². The van der Waals surface area contributed by atoms with Crippen molar-refractivity contribution < 1.29 is 0 Å². The molecule has 1 heterocycles. The van der Waals surface area contributed by atoms with Crippen LogP contribution in [-0.2, 0) is 0 Å². The van der Waals surface area contributed by atoms with Gasteiger partial charge >= 0.3 is 0 Å². The van der Waals surface area contributed by atoms with Crippen LogP contribution in [0.25, 0.3) is 0 Å². The molecule has 0 bridgehead atoms. The molecule has 0 aromatic carbocycles. The molecule has 0 amide bonds. The smallest absolute Gasteiger partial charge is 0.162 e. The van der Waals surface area contributed by atoms with E-state index < -0.39 is 0 Å². The normalized spacial score (nSPS) is 24.5. The molecule has 1 aliphatic heterocycles. The molecule has 1 aliphatic rings. The molecule has 0 N–H and O–H groups in total. The number of allylic oxidation sites excluding steroid dienone is 1. The van der Waals surface area contributed by atoms with Crippen molar-refractivity contribution in [2.45, 2.75) is 6.92 Å². The highest BCUT2D eigenvalue weighted by Gasteiger charge is 2.26. The van der Waals surface area contributed by atoms with Crippen molar-refractivity contribution in [2.75, 3.05) is 6.67 Å². The van der Waals surface area contributed by atoms with Gasteiger partial charge in [0.05, 0.1) is 0 Å². The minimum absolute atomic E-state index is 0.160. The quantitative estimate of drug-likeness (QED) is 0.471. The van der Waals surface area contributed by atoms with Crippen LogP contribution in [0.1, 0.15) is 6.92 Å². The number of hydrogen-bond acceptors (Lipinski definition) is 4. The molecule has 11 heavy (non-hydrogen) atoms. The van der Waals surface area contributed by atoms with E-state index in [9.17, 15) is 4.91 Å². The van der Waals surface area contributed by atoms with E-state index in [1.54, 1.807) is 4.31 Å². The van der Waals surface area contributed by atoms with E-state index in [1.807, 2.05) is 6.92 Å². The number of nitrogens with zero attached hydrogens (tertiary/aromatic N) is 2. The van der Waals surface area contributed by atoms with Crippen molar-refractivity contribution in [3.05, 3.63) is 28.7 Å². The van der Waals surface area contributed by atoms with Crippen molar-refractivity contribution in [1.82, 2.24) is 4.31 Å². The fourth-order valence-corrected chi connectivity index (χ4v) is 1.81. The van der Waals surface area contributed by atoms with E-state index in [-0.39, 0.29) is 12.6 Å². The van der Waals surface area contributed by atoms with Gasteiger partial charge in [0.2, 0.25) is 0 Å². The zero-order valence-electron chi connectivity index (χ0n) is 6.41. The minimum Gasteiger partial charge on any atom is -0.292 e. The van der Waals surface area contributed by atoms with Gasteiger partial charge in [-0.05, 0) is 17.1 Å². The third-order valence-electron chi connectivity index (χ3n) is 1.72. The van der Waals surface area contributed by atoms with E-state index in [0.29, 0.717) is 0 Å². The van der Waals surface area contributed by atoms with Gasteiger partial charge in [0.25, 0.3) is 0 Å². The first-order chi connectivity index (χ1) is 5.16. The second-order valence-electron chi connectivity index (χ2n) is 2.42. The van der Waals surface area contributed by atoms with Gasteiger partial charge < -0.3 is 0 Å². The monoisotopic (exact) mass is 170 g/mol. The van der Waals surface area contributed by atoms with Crippen LogP contribution in [-0.4, -0.2) is 11.0 Å². The predicted octanol–water partition coefficient (Wildman–Crippen LogP) is 2.34. The molecule has 1 fully saturated rings. The van der Waals surface area contributed by atoms with Gasteiger partial charge in [-0.3, -0.25) is 4.31 Å². The molecule has 0 aromatic heterocycles. The Morgan fingerprint density at radius 3 is 2.73 bits per heavy atom. The van der Waals surface area contributed by atoms with E-state index in [0.717, 1.165) is 10.6 Å². The lowest BCUT2D eigenvalue weighted by Gasteiger charge is -2.12. The molecule has 3 nitrogen and oxygen atoms in total. The Morgan fingerprint density at radius 1 is 1.73 bits per heavy atom. The Morgan fingerprint density at radius 2 is 2.36 bits per heavy atom. The van der Waals surface area contributed by atoms with E-state index in [1.165, 1.54) is 11.9 Å². The third kappa shape index (κ3) is 1.45. The van der Waals surface area contributed by atoms with Crippen molar-refractivity contribution in [3.63, 3.8) is 0 Å². The zero-order valence-corrected chi connectivity index (χ0v) is 7.23. The van der Waals surface area contributed by atoms with Gasteiger partial charge in [-0.1, -0.05) is 20.1 Å². The van der Waals surface area contributed by atoms with Gasteiger partial charge in [0.15, 0.2) is 6.67 Å². The summed E-state index contributed by atoms with van der Waals surface area (Å²) in [6.07, 6.45) is 0. The molecular weight excluding hydrogens is 160 g/mol. The van der Waals surface area contributed by atoms with Crippen molar-refractivity contribution in [3.8, 4) is 0 Å². The summed E-state index contributed by atoms with van der Waals surface area (Å²) in [5.74, 6) is 0.266. The molecule has 60 valence electrons. The first kappa shape index (κ1) is 8.33. The van der Waals surface area contributed by atoms with Crippen LogP contribution in [0, 0.1) is 10.8 Å². The van der Waals surface area contributed by atoms with Crippen LogP contribution in [0.2, 0.25) is 0 Å². The summed E-state index contributed by atoms with van der Waals surface area (Å²) >= 11 is 1.45. The molecule has 0 saturated carbocycles. The fraction of sp³-hybridized carbons (Fsp3) is 0.429. The number of rotatable bonds is 2. The average molecular weight is 170 g/mol.